The van der Waals surface area contributed by atoms with Gasteiger partial charge in [0.25, 0.3) is 5.69 Å². The quantitative estimate of drug-likeness (QED) is 0.342. The number of anilines is 1. The second kappa shape index (κ2) is 8.49. The molecule has 0 aliphatic carbocycles. The Balaban J connectivity index is 2.18. The number of ether oxygens (including phenoxy) is 2. The summed E-state index contributed by atoms with van der Waals surface area (Å²) in [6, 6.07) is 9.75. The second-order valence-electron chi connectivity index (χ2n) is 5.08. The molecule has 1 N–H and O–H groups in total. The number of nitrogens with zero attached hydrogens (tertiary/aromatic N) is 2. The van der Waals surface area contributed by atoms with Crippen LogP contribution in [0.25, 0.3) is 0 Å². The van der Waals surface area contributed by atoms with Gasteiger partial charge in [0.05, 0.1) is 31.0 Å². The Morgan fingerprint density at radius 2 is 1.96 bits per heavy atom. The minimum Gasteiger partial charge on any atom is -0.493 e. The van der Waals surface area contributed by atoms with E-state index in [4.69, 9.17) is 9.47 Å². The van der Waals surface area contributed by atoms with Crippen molar-refractivity contribution in [2.24, 2.45) is 5.10 Å². The first-order valence-corrected chi connectivity index (χ1v) is 7.48. The molecule has 0 bridgehead atoms. The van der Waals surface area contributed by atoms with Crippen molar-refractivity contribution < 1.29 is 14.4 Å². The lowest BCUT2D eigenvalue weighted by molar-refractivity contribution is -0.384. The van der Waals surface area contributed by atoms with Crippen molar-refractivity contribution >= 4 is 17.6 Å². The molecule has 0 spiro atoms. The summed E-state index contributed by atoms with van der Waals surface area (Å²) in [5, 5.41) is 14.8. The molecule has 2 aromatic carbocycles. The molecule has 0 amide bonds. The smallest absolute Gasteiger partial charge is 0.269 e. The number of hydrogen-bond donors (Lipinski definition) is 1. The number of benzene rings is 2. The van der Waals surface area contributed by atoms with E-state index in [0.717, 1.165) is 11.1 Å². The molecule has 2 rings (SSSR count). The predicted octanol–water partition coefficient (Wildman–Crippen LogP) is 3.79. The van der Waals surface area contributed by atoms with Crippen molar-refractivity contribution in [1.29, 1.82) is 0 Å². The SMILES string of the molecule is C=CCc1cc(/C=N/Nc2ccc([N+](=O)[O-])cc2)cc(OC)c1OC. The third-order valence-electron chi connectivity index (χ3n) is 3.43. The van der Waals surface area contributed by atoms with Gasteiger partial charge in [-0.2, -0.15) is 5.10 Å². The summed E-state index contributed by atoms with van der Waals surface area (Å²) in [5.41, 5.74) is 5.27. The van der Waals surface area contributed by atoms with Crippen molar-refractivity contribution in [1.82, 2.24) is 0 Å². The Morgan fingerprint density at radius 1 is 1.24 bits per heavy atom. The third kappa shape index (κ3) is 4.57. The molecule has 0 aliphatic rings. The van der Waals surface area contributed by atoms with Gasteiger partial charge in [-0.15, -0.1) is 6.58 Å². The van der Waals surface area contributed by atoms with Crippen LogP contribution in [0.5, 0.6) is 11.5 Å². The molecular weight excluding hydrogens is 322 g/mol. The van der Waals surface area contributed by atoms with E-state index in [-0.39, 0.29) is 5.69 Å². The van der Waals surface area contributed by atoms with Gasteiger partial charge >= 0.3 is 0 Å². The van der Waals surface area contributed by atoms with Crippen LogP contribution < -0.4 is 14.9 Å². The molecule has 0 saturated carbocycles. The van der Waals surface area contributed by atoms with Crippen LogP contribution in [0.15, 0.2) is 54.2 Å². The van der Waals surface area contributed by atoms with E-state index in [9.17, 15) is 10.1 Å². The van der Waals surface area contributed by atoms with Gasteiger partial charge in [-0.1, -0.05) is 6.08 Å². The molecular formula is C18H19N3O4. The molecule has 2 aromatic rings. The van der Waals surface area contributed by atoms with E-state index in [1.54, 1.807) is 38.6 Å². The van der Waals surface area contributed by atoms with E-state index >= 15 is 0 Å². The van der Waals surface area contributed by atoms with Gasteiger partial charge in [-0.3, -0.25) is 15.5 Å². The summed E-state index contributed by atoms with van der Waals surface area (Å²) < 4.78 is 10.8. The summed E-state index contributed by atoms with van der Waals surface area (Å²) >= 11 is 0. The lowest BCUT2D eigenvalue weighted by atomic mass is 10.1. The molecule has 0 fully saturated rings. The van der Waals surface area contributed by atoms with Crippen molar-refractivity contribution in [3.63, 3.8) is 0 Å². The topological polar surface area (TPSA) is 86.0 Å². The number of rotatable bonds is 8. The molecule has 0 radical (unpaired) electrons. The fourth-order valence-electron chi connectivity index (χ4n) is 2.29. The molecule has 130 valence electrons. The zero-order valence-electron chi connectivity index (χ0n) is 14.1. The first kappa shape index (κ1) is 18.0. The number of hydrazone groups is 1. The van der Waals surface area contributed by atoms with E-state index in [1.807, 2.05) is 12.1 Å². The monoisotopic (exact) mass is 341 g/mol. The molecule has 7 heteroatoms. The third-order valence-corrected chi connectivity index (χ3v) is 3.43. The summed E-state index contributed by atoms with van der Waals surface area (Å²) in [4.78, 5) is 10.2. The molecule has 0 aliphatic heterocycles. The minimum atomic E-state index is -0.447. The van der Waals surface area contributed by atoms with Crippen LogP contribution in [-0.4, -0.2) is 25.4 Å². The van der Waals surface area contributed by atoms with Gasteiger partial charge in [0.1, 0.15) is 0 Å². The van der Waals surface area contributed by atoms with Gasteiger partial charge in [0.15, 0.2) is 11.5 Å². The molecule has 0 heterocycles. The average molecular weight is 341 g/mol. The van der Waals surface area contributed by atoms with Crippen molar-refractivity contribution in [3.05, 3.63) is 70.3 Å². The maximum atomic E-state index is 10.6. The first-order valence-electron chi connectivity index (χ1n) is 7.48. The van der Waals surface area contributed by atoms with Crippen LogP contribution in [0, 0.1) is 10.1 Å². The largest absolute Gasteiger partial charge is 0.493 e. The van der Waals surface area contributed by atoms with E-state index < -0.39 is 4.92 Å². The van der Waals surface area contributed by atoms with Crippen molar-refractivity contribution in [3.8, 4) is 11.5 Å². The van der Waals surface area contributed by atoms with Crippen LogP contribution >= 0.6 is 0 Å². The summed E-state index contributed by atoms with van der Waals surface area (Å²) in [5.74, 6) is 1.28. The molecule has 0 atom stereocenters. The lowest BCUT2D eigenvalue weighted by Gasteiger charge is -2.13. The van der Waals surface area contributed by atoms with Gasteiger partial charge in [0.2, 0.25) is 0 Å². The number of hydrogen-bond acceptors (Lipinski definition) is 6. The van der Waals surface area contributed by atoms with Crippen LogP contribution in [0.4, 0.5) is 11.4 Å². The number of nitro groups is 1. The molecule has 7 nitrogen and oxygen atoms in total. The van der Waals surface area contributed by atoms with E-state index in [2.05, 4.69) is 17.1 Å². The number of nitro benzene ring substituents is 1. The maximum absolute atomic E-state index is 10.6. The fraction of sp³-hybridized carbons (Fsp3) is 0.167. The maximum Gasteiger partial charge on any atom is 0.269 e. The van der Waals surface area contributed by atoms with Crippen molar-refractivity contribution in [2.45, 2.75) is 6.42 Å². The Bertz CT molecular complexity index is 786. The Hall–Kier alpha value is -3.35. The number of non-ortho nitro benzene ring substituents is 1. The zero-order chi connectivity index (χ0) is 18.2. The minimum absolute atomic E-state index is 0.0310. The first-order chi connectivity index (χ1) is 12.1. The molecule has 0 aromatic heterocycles. The van der Waals surface area contributed by atoms with Crippen LogP contribution in [-0.2, 0) is 6.42 Å². The van der Waals surface area contributed by atoms with E-state index in [1.165, 1.54) is 12.1 Å². The fourth-order valence-corrected chi connectivity index (χ4v) is 2.29. The van der Waals surface area contributed by atoms with Crippen LogP contribution in [0.3, 0.4) is 0 Å². The summed E-state index contributed by atoms with van der Waals surface area (Å²) in [6.45, 7) is 3.75. The molecule has 0 unspecified atom stereocenters. The molecule has 25 heavy (non-hydrogen) atoms. The highest BCUT2D eigenvalue weighted by Crippen LogP contribution is 2.32. The van der Waals surface area contributed by atoms with Crippen molar-refractivity contribution in [2.75, 3.05) is 19.6 Å². The Morgan fingerprint density at radius 3 is 2.52 bits per heavy atom. The molecule has 0 saturated heterocycles. The van der Waals surface area contributed by atoms with Crippen LogP contribution in [0.2, 0.25) is 0 Å². The average Bonchev–Trinajstić information content (AvgIpc) is 2.62. The zero-order valence-corrected chi connectivity index (χ0v) is 14.1. The number of allylic oxidation sites excluding steroid dienone is 1. The number of nitrogens with one attached hydrogen (secondary N) is 1. The summed E-state index contributed by atoms with van der Waals surface area (Å²) in [6.07, 6.45) is 4.06. The number of methoxy groups -OCH3 is 2. The lowest BCUT2D eigenvalue weighted by Crippen LogP contribution is -1.98. The van der Waals surface area contributed by atoms with Crippen LogP contribution in [0.1, 0.15) is 11.1 Å². The van der Waals surface area contributed by atoms with E-state index in [0.29, 0.717) is 23.6 Å². The van der Waals surface area contributed by atoms with Gasteiger partial charge in [-0.25, -0.2) is 0 Å². The Kier molecular flexibility index (Phi) is 6.11. The highest BCUT2D eigenvalue weighted by molar-refractivity contribution is 5.82. The standard InChI is InChI=1S/C18H19N3O4/c1-4-5-14-10-13(11-17(24-2)18(14)25-3)12-19-20-15-6-8-16(9-7-15)21(22)23/h4,6-12,20H,1,5H2,2-3H3/b19-12+. The predicted molar refractivity (Wildman–Crippen MR) is 97.8 cm³/mol. The second-order valence-corrected chi connectivity index (χ2v) is 5.08. The summed E-state index contributed by atoms with van der Waals surface area (Å²) in [7, 11) is 3.17. The van der Waals surface area contributed by atoms with Gasteiger partial charge < -0.3 is 9.47 Å². The van der Waals surface area contributed by atoms with Gasteiger partial charge in [0, 0.05) is 17.7 Å². The Labute approximate surface area is 145 Å². The van der Waals surface area contributed by atoms with Gasteiger partial charge in [-0.05, 0) is 36.2 Å². The normalized spacial score (nSPS) is 10.5. The highest BCUT2D eigenvalue weighted by Gasteiger charge is 2.10. The highest BCUT2D eigenvalue weighted by atomic mass is 16.6.